The smallest absolute Gasteiger partial charge is 0.248 e. The van der Waals surface area contributed by atoms with E-state index < -0.39 is 5.79 Å². The second kappa shape index (κ2) is 4.08. The van der Waals surface area contributed by atoms with Gasteiger partial charge in [0.2, 0.25) is 5.91 Å². The number of rotatable bonds is 1. The Balaban J connectivity index is 1.89. The number of carbonyl (C=O) groups excluding carboxylic acids is 1. The number of ether oxygens (including phenoxy) is 2. The van der Waals surface area contributed by atoms with Crippen molar-refractivity contribution in [1.29, 1.82) is 0 Å². The van der Waals surface area contributed by atoms with Crippen LogP contribution in [-0.4, -0.2) is 42.2 Å². The van der Waals surface area contributed by atoms with Gasteiger partial charge in [0.15, 0.2) is 5.79 Å². The zero-order valence-corrected chi connectivity index (χ0v) is 8.94. The topological polar surface area (TPSA) is 59.0 Å². The number of carbonyl (C=O) groups is 1. The molecule has 1 saturated heterocycles. The van der Waals surface area contributed by atoms with Crippen LogP contribution in [0, 0.1) is 5.92 Å². The van der Waals surface area contributed by atoms with E-state index in [-0.39, 0.29) is 11.8 Å². The first-order chi connectivity index (χ1) is 7.13. The Bertz CT molecular complexity index is 238. The van der Waals surface area contributed by atoms with Crippen molar-refractivity contribution in [3.8, 4) is 0 Å². The molecule has 0 radical (unpaired) electrons. The highest BCUT2D eigenvalue weighted by Gasteiger charge is 2.42. The largest absolute Gasteiger partial charge is 0.348 e. The van der Waals surface area contributed by atoms with Crippen LogP contribution in [0.2, 0.25) is 0 Å². The Morgan fingerprint density at radius 1 is 1.33 bits per heavy atom. The van der Waals surface area contributed by atoms with Crippen LogP contribution >= 0.6 is 0 Å². The Morgan fingerprint density at radius 2 is 1.87 bits per heavy atom. The third-order valence-electron chi connectivity index (χ3n) is 3.23. The molecule has 0 aromatic heterocycles. The van der Waals surface area contributed by atoms with Crippen LogP contribution in [0.3, 0.4) is 0 Å². The molecular weight excluding hydrogens is 198 g/mol. The van der Waals surface area contributed by atoms with Crippen LogP contribution in [0.5, 0.6) is 0 Å². The molecule has 2 fully saturated rings. The van der Waals surface area contributed by atoms with E-state index in [0.29, 0.717) is 18.3 Å². The zero-order valence-electron chi connectivity index (χ0n) is 8.94. The van der Waals surface area contributed by atoms with Gasteiger partial charge in [-0.3, -0.25) is 10.0 Å². The monoisotopic (exact) mass is 215 g/mol. The van der Waals surface area contributed by atoms with Crippen molar-refractivity contribution in [3.05, 3.63) is 0 Å². The van der Waals surface area contributed by atoms with Crippen LogP contribution < -0.4 is 0 Å². The Labute approximate surface area is 88.9 Å². The molecule has 15 heavy (non-hydrogen) atoms. The van der Waals surface area contributed by atoms with Crippen LogP contribution in [0.15, 0.2) is 0 Å². The third-order valence-corrected chi connectivity index (χ3v) is 3.23. The van der Waals surface area contributed by atoms with Gasteiger partial charge < -0.3 is 9.47 Å². The zero-order chi connectivity index (χ0) is 10.9. The molecule has 86 valence electrons. The minimum absolute atomic E-state index is 0.0848. The first-order valence-electron chi connectivity index (χ1n) is 5.37. The predicted molar refractivity (Wildman–Crippen MR) is 51.1 cm³/mol. The van der Waals surface area contributed by atoms with Gasteiger partial charge in [0.05, 0.1) is 13.2 Å². The molecule has 1 amide bonds. The number of hydrogen-bond acceptors (Lipinski definition) is 4. The van der Waals surface area contributed by atoms with Crippen molar-refractivity contribution in [1.82, 2.24) is 5.06 Å². The van der Waals surface area contributed by atoms with Crippen molar-refractivity contribution in [2.24, 2.45) is 5.92 Å². The quantitative estimate of drug-likeness (QED) is 0.518. The maximum atomic E-state index is 11.5. The highest BCUT2D eigenvalue weighted by molar-refractivity contribution is 5.77. The van der Waals surface area contributed by atoms with Gasteiger partial charge in [0.25, 0.3) is 0 Å². The van der Waals surface area contributed by atoms with E-state index in [0.717, 1.165) is 25.7 Å². The lowest BCUT2D eigenvalue weighted by atomic mass is 9.84. The SMILES string of the molecule is CN(O)C(=O)C1CCC2(CC1)OCCO2. The van der Waals surface area contributed by atoms with E-state index in [9.17, 15) is 4.79 Å². The fraction of sp³-hybridized carbons (Fsp3) is 0.900. The highest BCUT2D eigenvalue weighted by Crippen LogP contribution is 2.38. The molecule has 1 N–H and O–H groups in total. The highest BCUT2D eigenvalue weighted by atomic mass is 16.7. The van der Waals surface area contributed by atoms with Gasteiger partial charge >= 0.3 is 0 Å². The minimum Gasteiger partial charge on any atom is -0.348 e. The maximum Gasteiger partial charge on any atom is 0.248 e. The normalized spacial score (nSPS) is 25.7. The standard InChI is InChI=1S/C10H17NO4/c1-11(13)9(12)8-2-4-10(5-3-8)14-6-7-15-10/h8,13H,2-7H2,1H3. The van der Waals surface area contributed by atoms with E-state index in [4.69, 9.17) is 14.7 Å². The molecule has 1 heterocycles. The van der Waals surface area contributed by atoms with Gasteiger partial charge in [0, 0.05) is 25.8 Å². The fourth-order valence-corrected chi connectivity index (χ4v) is 2.35. The van der Waals surface area contributed by atoms with Gasteiger partial charge in [-0.25, -0.2) is 5.06 Å². The van der Waals surface area contributed by atoms with Crippen molar-refractivity contribution < 1.29 is 19.5 Å². The van der Waals surface area contributed by atoms with Gasteiger partial charge in [0.1, 0.15) is 0 Å². The van der Waals surface area contributed by atoms with Crippen LogP contribution in [-0.2, 0) is 14.3 Å². The second-order valence-corrected chi connectivity index (χ2v) is 4.24. The Morgan fingerprint density at radius 3 is 2.33 bits per heavy atom. The van der Waals surface area contributed by atoms with E-state index in [2.05, 4.69) is 0 Å². The van der Waals surface area contributed by atoms with Crippen LogP contribution in [0.4, 0.5) is 0 Å². The molecule has 1 saturated carbocycles. The lowest BCUT2D eigenvalue weighted by Crippen LogP contribution is -2.40. The van der Waals surface area contributed by atoms with E-state index in [1.54, 1.807) is 0 Å². The summed E-state index contributed by atoms with van der Waals surface area (Å²) in [6.07, 6.45) is 2.95. The molecule has 0 atom stereocenters. The summed E-state index contributed by atoms with van der Waals surface area (Å²) in [5, 5.41) is 9.73. The first-order valence-corrected chi connectivity index (χ1v) is 5.37. The molecule has 2 rings (SSSR count). The van der Waals surface area contributed by atoms with Gasteiger partial charge in [-0.15, -0.1) is 0 Å². The van der Waals surface area contributed by atoms with Crippen molar-refractivity contribution in [3.63, 3.8) is 0 Å². The molecule has 2 aliphatic rings. The summed E-state index contributed by atoms with van der Waals surface area (Å²) in [5.41, 5.74) is 0. The molecule has 0 aromatic rings. The summed E-state index contributed by atoms with van der Waals surface area (Å²) < 4.78 is 11.1. The van der Waals surface area contributed by atoms with Gasteiger partial charge in [-0.2, -0.15) is 0 Å². The fourth-order valence-electron chi connectivity index (χ4n) is 2.35. The Kier molecular flexibility index (Phi) is 2.95. The summed E-state index contributed by atoms with van der Waals surface area (Å²) >= 11 is 0. The maximum absolute atomic E-state index is 11.5. The summed E-state index contributed by atoms with van der Waals surface area (Å²) in [6, 6.07) is 0. The lowest BCUT2D eigenvalue weighted by molar-refractivity contribution is -0.191. The first kappa shape index (κ1) is 10.9. The summed E-state index contributed by atoms with van der Waals surface area (Å²) in [7, 11) is 1.37. The third kappa shape index (κ3) is 2.14. The molecule has 0 bridgehead atoms. The number of nitrogens with zero attached hydrogens (tertiary/aromatic N) is 1. The van der Waals surface area contributed by atoms with Crippen LogP contribution in [0.25, 0.3) is 0 Å². The summed E-state index contributed by atoms with van der Waals surface area (Å²) in [6.45, 7) is 1.30. The van der Waals surface area contributed by atoms with E-state index in [1.165, 1.54) is 7.05 Å². The number of amides is 1. The molecule has 0 aromatic carbocycles. The molecule has 5 heteroatoms. The summed E-state index contributed by atoms with van der Waals surface area (Å²) in [5.74, 6) is -0.716. The van der Waals surface area contributed by atoms with Crippen molar-refractivity contribution in [2.45, 2.75) is 31.5 Å². The van der Waals surface area contributed by atoms with Gasteiger partial charge in [-0.05, 0) is 12.8 Å². The number of hydrogen-bond donors (Lipinski definition) is 1. The Hall–Kier alpha value is -0.650. The van der Waals surface area contributed by atoms with E-state index >= 15 is 0 Å². The predicted octanol–water partition coefficient (Wildman–Crippen LogP) is 0.767. The van der Waals surface area contributed by atoms with Crippen molar-refractivity contribution >= 4 is 5.91 Å². The average Bonchev–Trinajstić information content (AvgIpc) is 2.67. The summed E-state index contributed by atoms with van der Waals surface area (Å²) in [4.78, 5) is 11.5. The van der Waals surface area contributed by atoms with E-state index in [1.807, 2.05) is 0 Å². The molecule has 0 unspecified atom stereocenters. The lowest BCUT2D eigenvalue weighted by Gasteiger charge is -2.35. The second-order valence-electron chi connectivity index (χ2n) is 4.24. The molecule has 1 spiro atoms. The molecular formula is C10H17NO4. The molecule has 1 aliphatic heterocycles. The molecule has 1 aliphatic carbocycles. The average molecular weight is 215 g/mol. The molecule has 5 nitrogen and oxygen atoms in total. The van der Waals surface area contributed by atoms with Gasteiger partial charge in [-0.1, -0.05) is 0 Å². The minimum atomic E-state index is -0.426. The van der Waals surface area contributed by atoms with Crippen molar-refractivity contribution in [2.75, 3.05) is 20.3 Å². The number of hydroxylamine groups is 2. The van der Waals surface area contributed by atoms with Crippen LogP contribution in [0.1, 0.15) is 25.7 Å².